The van der Waals surface area contributed by atoms with Gasteiger partial charge in [0.25, 0.3) is 0 Å². The van der Waals surface area contributed by atoms with Gasteiger partial charge >= 0.3 is 0 Å². The molecule has 4 nitrogen and oxygen atoms in total. The molecule has 0 saturated carbocycles. The largest absolute Gasteiger partial charge is 0.399 e. The van der Waals surface area contributed by atoms with Gasteiger partial charge in [-0.1, -0.05) is 46.6 Å². The number of rotatable bonds is 4. The lowest BCUT2D eigenvalue weighted by Crippen LogP contribution is -2.23. The van der Waals surface area contributed by atoms with Crippen LogP contribution in [0.1, 0.15) is 37.4 Å². The number of hydrogen-bond donors (Lipinski definition) is 0. The van der Waals surface area contributed by atoms with Crippen LogP contribution >= 0.6 is 15.9 Å². The monoisotopic (exact) mass is 373 g/mol. The molecule has 1 aromatic carbocycles. The molecule has 0 aliphatic heterocycles. The Morgan fingerprint density at radius 1 is 1.22 bits per heavy atom. The third kappa shape index (κ3) is 3.61. The lowest BCUT2D eigenvalue weighted by atomic mass is 9.83. The second-order valence-electron chi connectivity index (χ2n) is 5.88. The van der Waals surface area contributed by atoms with Crippen LogP contribution in [0.3, 0.4) is 0 Å². The first kappa shape index (κ1) is 16.1. The van der Waals surface area contributed by atoms with Gasteiger partial charge in [-0.3, -0.25) is 0 Å². The first-order valence-electron chi connectivity index (χ1n) is 7.94. The third-order valence-corrected chi connectivity index (χ3v) is 4.71. The molecule has 1 unspecified atom stereocenters. The predicted molar refractivity (Wildman–Crippen MR) is 95.4 cm³/mol. The summed E-state index contributed by atoms with van der Waals surface area (Å²) in [6.45, 7) is 2.21. The van der Waals surface area contributed by atoms with E-state index in [9.17, 15) is 0 Å². The van der Waals surface area contributed by atoms with Gasteiger partial charge in [0.05, 0.1) is 17.1 Å². The van der Waals surface area contributed by atoms with Crippen LogP contribution in [0.25, 0.3) is 11.3 Å². The zero-order valence-corrected chi connectivity index (χ0v) is 15.0. The topological polar surface area (TPSA) is 47.4 Å². The molecule has 1 heterocycles. The Labute approximate surface area is 145 Å². The lowest BCUT2D eigenvalue weighted by molar-refractivity contribution is 0.211. The molecular weight excluding hydrogens is 354 g/mol. The molecule has 1 aliphatic carbocycles. The van der Waals surface area contributed by atoms with E-state index in [0.29, 0.717) is 5.92 Å². The molecule has 120 valence electrons. The standard InChI is InChI=1S/C18H20BrN3O/c1-3-4-12-9-17-15(18(10-12)22-23-2)11-16(20-21-17)13-5-7-14(19)8-6-13/h5-8,11-12H,3-4,9-10H2,1-2H3/b22-18+. The minimum atomic E-state index is 0.578. The zero-order valence-electron chi connectivity index (χ0n) is 13.4. The molecule has 0 amide bonds. The molecule has 23 heavy (non-hydrogen) atoms. The highest BCUT2D eigenvalue weighted by Gasteiger charge is 2.26. The number of benzene rings is 1. The van der Waals surface area contributed by atoms with Crippen LogP contribution in [0.5, 0.6) is 0 Å². The molecular formula is C18H20BrN3O. The molecule has 0 bridgehead atoms. The summed E-state index contributed by atoms with van der Waals surface area (Å²) in [7, 11) is 1.60. The van der Waals surface area contributed by atoms with Crippen molar-refractivity contribution in [2.24, 2.45) is 11.1 Å². The maximum Gasteiger partial charge on any atom is 0.106 e. The second kappa shape index (κ2) is 7.21. The number of halogens is 1. The number of fused-ring (bicyclic) bond motifs is 1. The van der Waals surface area contributed by atoms with Gasteiger partial charge in [-0.25, -0.2) is 0 Å². The minimum absolute atomic E-state index is 0.578. The van der Waals surface area contributed by atoms with E-state index in [2.05, 4.69) is 44.3 Å². The van der Waals surface area contributed by atoms with E-state index < -0.39 is 0 Å². The van der Waals surface area contributed by atoms with Gasteiger partial charge in [0, 0.05) is 15.6 Å². The summed E-state index contributed by atoms with van der Waals surface area (Å²) in [5.41, 5.74) is 5.02. The fourth-order valence-corrected chi connectivity index (χ4v) is 3.38. The fourth-order valence-electron chi connectivity index (χ4n) is 3.12. The van der Waals surface area contributed by atoms with E-state index in [4.69, 9.17) is 4.84 Å². The van der Waals surface area contributed by atoms with Gasteiger partial charge < -0.3 is 4.84 Å². The highest BCUT2D eigenvalue weighted by atomic mass is 79.9. The molecule has 0 radical (unpaired) electrons. The highest BCUT2D eigenvalue weighted by molar-refractivity contribution is 9.10. The van der Waals surface area contributed by atoms with Gasteiger partial charge in [-0.05, 0) is 43.4 Å². The van der Waals surface area contributed by atoms with Crippen molar-refractivity contribution in [3.63, 3.8) is 0 Å². The molecule has 0 saturated heterocycles. The van der Waals surface area contributed by atoms with Crippen molar-refractivity contribution in [2.45, 2.75) is 32.6 Å². The van der Waals surface area contributed by atoms with Crippen LogP contribution in [-0.4, -0.2) is 23.0 Å². The van der Waals surface area contributed by atoms with E-state index in [0.717, 1.165) is 45.5 Å². The molecule has 0 spiro atoms. The summed E-state index contributed by atoms with van der Waals surface area (Å²) in [4.78, 5) is 5.06. The summed E-state index contributed by atoms with van der Waals surface area (Å²) in [5, 5.41) is 13.2. The number of hydrogen-bond acceptors (Lipinski definition) is 4. The molecule has 1 aromatic heterocycles. The molecule has 5 heteroatoms. The summed E-state index contributed by atoms with van der Waals surface area (Å²) in [5.74, 6) is 0.578. The van der Waals surface area contributed by atoms with Crippen molar-refractivity contribution in [1.29, 1.82) is 0 Å². The number of nitrogens with zero attached hydrogens (tertiary/aromatic N) is 3. The van der Waals surface area contributed by atoms with Crippen molar-refractivity contribution in [3.05, 3.63) is 46.1 Å². The van der Waals surface area contributed by atoms with Crippen molar-refractivity contribution >= 4 is 21.6 Å². The normalized spacial score (nSPS) is 18.7. The fraction of sp³-hybridized carbons (Fsp3) is 0.389. The quantitative estimate of drug-likeness (QED) is 0.734. The molecule has 0 N–H and O–H groups in total. The van der Waals surface area contributed by atoms with Gasteiger partial charge in [0.15, 0.2) is 0 Å². The molecule has 3 rings (SSSR count). The van der Waals surface area contributed by atoms with Crippen LogP contribution in [-0.2, 0) is 11.3 Å². The van der Waals surface area contributed by atoms with Crippen molar-refractivity contribution in [1.82, 2.24) is 10.2 Å². The van der Waals surface area contributed by atoms with Crippen molar-refractivity contribution < 1.29 is 4.84 Å². The van der Waals surface area contributed by atoms with E-state index >= 15 is 0 Å². The van der Waals surface area contributed by atoms with Gasteiger partial charge in [-0.2, -0.15) is 10.2 Å². The van der Waals surface area contributed by atoms with Crippen LogP contribution < -0.4 is 0 Å². The average Bonchev–Trinajstić information content (AvgIpc) is 2.56. The summed E-state index contributed by atoms with van der Waals surface area (Å²) < 4.78 is 1.05. The zero-order chi connectivity index (χ0) is 16.2. The van der Waals surface area contributed by atoms with E-state index in [1.807, 2.05) is 24.3 Å². The molecule has 2 aromatic rings. The summed E-state index contributed by atoms with van der Waals surface area (Å²) >= 11 is 3.46. The van der Waals surface area contributed by atoms with Crippen LogP contribution in [0.2, 0.25) is 0 Å². The number of oxime groups is 1. The van der Waals surface area contributed by atoms with Crippen LogP contribution in [0.4, 0.5) is 0 Å². The first-order chi connectivity index (χ1) is 11.2. The second-order valence-corrected chi connectivity index (χ2v) is 6.80. The maximum absolute atomic E-state index is 5.06. The Morgan fingerprint density at radius 3 is 2.70 bits per heavy atom. The van der Waals surface area contributed by atoms with E-state index in [-0.39, 0.29) is 0 Å². The number of aromatic nitrogens is 2. The summed E-state index contributed by atoms with van der Waals surface area (Å²) in [6, 6.07) is 10.2. The van der Waals surface area contributed by atoms with E-state index in [1.54, 1.807) is 7.11 Å². The van der Waals surface area contributed by atoms with E-state index in [1.165, 1.54) is 12.8 Å². The smallest absolute Gasteiger partial charge is 0.106 e. The van der Waals surface area contributed by atoms with Crippen LogP contribution in [0.15, 0.2) is 40.0 Å². The van der Waals surface area contributed by atoms with Crippen molar-refractivity contribution in [3.8, 4) is 11.3 Å². The Morgan fingerprint density at radius 2 is 2.00 bits per heavy atom. The van der Waals surface area contributed by atoms with Crippen molar-refractivity contribution in [2.75, 3.05) is 7.11 Å². The molecule has 0 fully saturated rings. The SMILES string of the molecule is CCCC1C/C(=N\OC)c2cc(-c3ccc(Br)cc3)nnc2C1. The average molecular weight is 374 g/mol. The predicted octanol–water partition coefficient (Wildman–Crippen LogP) is 4.62. The lowest BCUT2D eigenvalue weighted by Gasteiger charge is -2.24. The minimum Gasteiger partial charge on any atom is -0.399 e. The highest BCUT2D eigenvalue weighted by Crippen LogP contribution is 2.30. The van der Waals surface area contributed by atoms with Gasteiger partial charge in [0.1, 0.15) is 7.11 Å². The first-order valence-corrected chi connectivity index (χ1v) is 8.73. The molecule has 1 aliphatic rings. The molecule has 1 atom stereocenters. The third-order valence-electron chi connectivity index (χ3n) is 4.18. The Hall–Kier alpha value is -1.75. The Bertz CT molecular complexity index is 713. The Kier molecular flexibility index (Phi) is 5.06. The van der Waals surface area contributed by atoms with Crippen LogP contribution in [0, 0.1) is 5.92 Å². The summed E-state index contributed by atoms with van der Waals surface area (Å²) in [6.07, 6.45) is 4.27. The van der Waals surface area contributed by atoms with Gasteiger partial charge in [0.2, 0.25) is 0 Å². The van der Waals surface area contributed by atoms with Gasteiger partial charge in [-0.15, -0.1) is 0 Å². The Balaban J connectivity index is 1.99. The maximum atomic E-state index is 5.06.